The van der Waals surface area contributed by atoms with Gasteiger partial charge in [0, 0.05) is 50.6 Å². The highest BCUT2D eigenvalue weighted by atomic mass is 16.5. The predicted octanol–water partition coefficient (Wildman–Crippen LogP) is 4.24. The van der Waals surface area contributed by atoms with Crippen LogP contribution in [0.2, 0.25) is 0 Å². The molecule has 0 saturated carbocycles. The van der Waals surface area contributed by atoms with Crippen molar-refractivity contribution in [3.63, 3.8) is 0 Å². The van der Waals surface area contributed by atoms with Crippen LogP contribution in [-0.4, -0.2) is 39.9 Å². The van der Waals surface area contributed by atoms with Crippen molar-refractivity contribution in [2.45, 2.75) is 32.1 Å². The van der Waals surface area contributed by atoms with Crippen LogP contribution in [-0.2, 0) is 10.2 Å². The Balaban J connectivity index is 1.70. The molecule has 0 spiro atoms. The Morgan fingerprint density at radius 2 is 1.79 bits per heavy atom. The molecule has 1 fully saturated rings. The molecule has 0 unspecified atom stereocenters. The Morgan fingerprint density at radius 1 is 1.07 bits per heavy atom. The van der Waals surface area contributed by atoms with Crippen LogP contribution < -0.4 is 15.5 Å². The van der Waals surface area contributed by atoms with E-state index in [1.807, 2.05) is 38.1 Å². The third-order valence-corrected chi connectivity index (χ3v) is 5.73. The van der Waals surface area contributed by atoms with Crippen LogP contribution in [0.3, 0.4) is 0 Å². The van der Waals surface area contributed by atoms with Crippen molar-refractivity contribution in [2.24, 2.45) is 0 Å². The molecule has 1 saturated heterocycles. The lowest BCUT2D eigenvalue weighted by molar-refractivity contribution is 0.0506. The first-order valence-corrected chi connectivity index (χ1v) is 9.88. The zero-order chi connectivity index (χ0) is 20.1. The van der Waals surface area contributed by atoms with Crippen LogP contribution in [0.15, 0.2) is 42.5 Å². The van der Waals surface area contributed by atoms with Crippen LogP contribution in [0.5, 0.6) is 0 Å². The van der Waals surface area contributed by atoms with Gasteiger partial charge < -0.3 is 20.3 Å². The average molecular weight is 382 g/mol. The lowest BCUT2D eigenvalue weighted by atomic mass is 9.72. The minimum Gasteiger partial charge on any atom is -0.381 e. The van der Waals surface area contributed by atoms with Gasteiger partial charge in [0.25, 0.3) is 0 Å². The second-order valence-corrected chi connectivity index (χ2v) is 7.91. The second-order valence-electron chi connectivity index (χ2n) is 7.91. The molecule has 0 aliphatic carbocycles. The van der Waals surface area contributed by atoms with Crippen molar-refractivity contribution in [2.75, 3.05) is 44.1 Å². The van der Waals surface area contributed by atoms with E-state index in [0.717, 1.165) is 43.0 Å². The van der Waals surface area contributed by atoms with Gasteiger partial charge in [0.05, 0.1) is 0 Å². The van der Waals surface area contributed by atoms with Crippen LogP contribution in [0.25, 0.3) is 0 Å². The molecule has 1 aliphatic heterocycles. The largest absolute Gasteiger partial charge is 0.381 e. The number of benzene rings is 2. The fourth-order valence-corrected chi connectivity index (χ4v) is 3.95. The molecule has 5 heteroatoms. The summed E-state index contributed by atoms with van der Waals surface area (Å²) in [6.07, 6.45) is 1.82. The predicted molar refractivity (Wildman–Crippen MR) is 115 cm³/mol. The highest BCUT2D eigenvalue weighted by Gasteiger charge is 2.35. The van der Waals surface area contributed by atoms with Crippen LogP contribution >= 0.6 is 0 Å². The highest BCUT2D eigenvalue weighted by molar-refractivity contribution is 5.90. The zero-order valence-corrected chi connectivity index (χ0v) is 17.3. The van der Waals surface area contributed by atoms with E-state index in [-0.39, 0.29) is 11.4 Å². The van der Waals surface area contributed by atoms with E-state index >= 15 is 0 Å². The van der Waals surface area contributed by atoms with E-state index in [1.165, 1.54) is 11.1 Å². The van der Waals surface area contributed by atoms with E-state index in [0.29, 0.717) is 6.54 Å². The first-order valence-electron chi connectivity index (χ1n) is 9.88. The molecular weight excluding hydrogens is 350 g/mol. The Kier molecular flexibility index (Phi) is 6.25. The van der Waals surface area contributed by atoms with Crippen molar-refractivity contribution in [3.8, 4) is 0 Å². The van der Waals surface area contributed by atoms with E-state index < -0.39 is 0 Å². The highest BCUT2D eigenvalue weighted by Crippen LogP contribution is 2.36. The van der Waals surface area contributed by atoms with Crippen LogP contribution in [0.4, 0.5) is 16.2 Å². The number of anilines is 2. The first kappa shape index (κ1) is 20.2. The van der Waals surface area contributed by atoms with Gasteiger partial charge in [-0.15, -0.1) is 0 Å². The number of carbonyl (C=O) groups excluding carboxylic acids is 1. The molecule has 2 aromatic carbocycles. The Hall–Kier alpha value is -2.53. The summed E-state index contributed by atoms with van der Waals surface area (Å²) in [5, 5.41) is 6.12. The molecular formula is C23H31N3O2. The Bertz CT molecular complexity index is 826. The normalized spacial score (nSPS) is 15.7. The number of carbonyl (C=O) groups is 1. The molecule has 2 amide bonds. The summed E-state index contributed by atoms with van der Waals surface area (Å²) in [6, 6.07) is 14.3. The molecule has 0 radical (unpaired) electrons. The topological polar surface area (TPSA) is 53.6 Å². The van der Waals surface area contributed by atoms with Crippen molar-refractivity contribution in [1.82, 2.24) is 5.32 Å². The number of hydrogen-bond donors (Lipinski definition) is 2. The average Bonchev–Trinajstić information content (AvgIpc) is 2.69. The minimum atomic E-state index is -0.167. The number of aryl methyl sites for hydroxylation is 2. The zero-order valence-electron chi connectivity index (χ0n) is 17.3. The van der Waals surface area contributed by atoms with Gasteiger partial charge in [0.2, 0.25) is 0 Å². The maximum Gasteiger partial charge on any atom is 0.319 e. The molecule has 28 heavy (non-hydrogen) atoms. The standard InChI is InChI=1S/C23H31N3O2/c1-17-7-5-6-8-20(17)23(11-13-28-14-12-23)16-24-22(27)25-21-10-9-19(26(3)4)15-18(21)2/h5-10,15H,11-14,16H2,1-4H3,(H2,24,25,27). The van der Waals surface area contributed by atoms with Gasteiger partial charge in [-0.05, 0) is 61.6 Å². The maximum absolute atomic E-state index is 12.6. The molecule has 5 nitrogen and oxygen atoms in total. The number of amides is 2. The van der Waals surface area contributed by atoms with Gasteiger partial charge in [0.1, 0.15) is 0 Å². The van der Waals surface area contributed by atoms with Crippen LogP contribution in [0.1, 0.15) is 29.5 Å². The van der Waals surface area contributed by atoms with Gasteiger partial charge in [-0.3, -0.25) is 0 Å². The molecule has 2 N–H and O–H groups in total. The smallest absolute Gasteiger partial charge is 0.319 e. The third-order valence-electron chi connectivity index (χ3n) is 5.73. The van der Waals surface area contributed by atoms with Crippen molar-refractivity contribution < 1.29 is 9.53 Å². The SMILES string of the molecule is Cc1cc(N(C)C)ccc1NC(=O)NCC1(c2ccccc2C)CCOCC1. The van der Waals surface area contributed by atoms with E-state index in [1.54, 1.807) is 0 Å². The fourth-order valence-electron chi connectivity index (χ4n) is 3.95. The summed E-state index contributed by atoms with van der Waals surface area (Å²) in [5.41, 5.74) is 5.49. The molecule has 3 rings (SSSR count). The minimum absolute atomic E-state index is 0.0786. The lowest BCUT2D eigenvalue weighted by Crippen LogP contribution is -2.46. The van der Waals surface area contributed by atoms with Gasteiger partial charge in [0.15, 0.2) is 0 Å². The summed E-state index contributed by atoms with van der Waals surface area (Å²) in [7, 11) is 4.01. The van der Waals surface area contributed by atoms with Crippen molar-refractivity contribution in [1.29, 1.82) is 0 Å². The first-order chi connectivity index (χ1) is 13.4. The Morgan fingerprint density at radius 3 is 2.43 bits per heavy atom. The molecule has 150 valence electrons. The summed E-state index contributed by atoms with van der Waals surface area (Å²) < 4.78 is 5.60. The van der Waals surface area contributed by atoms with Gasteiger partial charge >= 0.3 is 6.03 Å². The molecule has 0 bridgehead atoms. The number of urea groups is 1. The second kappa shape index (κ2) is 8.65. The molecule has 0 atom stereocenters. The number of nitrogens with zero attached hydrogens (tertiary/aromatic N) is 1. The van der Waals surface area contributed by atoms with E-state index in [4.69, 9.17) is 4.74 Å². The van der Waals surface area contributed by atoms with Crippen LogP contribution in [0, 0.1) is 13.8 Å². The number of rotatable bonds is 5. The monoisotopic (exact) mass is 381 g/mol. The van der Waals surface area contributed by atoms with Gasteiger partial charge in [-0.2, -0.15) is 0 Å². The van der Waals surface area contributed by atoms with E-state index in [2.05, 4.69) is 47.9 Å². The molecule has 2 aromatic rings. The molecule has 1 heterocycles. The number of ether oxygens (including phenoxy) is 1. The molecule has 0 aromatic heterocycles. The summed E-state index contributed by atoms with van der Waals surface area (Å²) >= 11 is 0. The summed E-state index contributed by atoms with van der Waals surface area (Å²) in [5.74, 6) is 0. The molecule has 1 aliphatic rings. The Labute approximate surface area is 168 Å². The fraction of sp³-hybridized carbons (Fsp3) is 0.435. The summed E-state index contributed by atoms with van der Waals surface area (Å²) in [4.78, 5) is 14.7. The quantitative estimate of drug-likeness (QED) is 0.814. The van der Waals surface area contributed by atoms with Crippen molar-refractivity contribution >= 4 is 17.4 Å². The summed E-state index contributed by atoms with van der Waals surface area (Å²) in [6.45, 7) is 6.20. The maximum atomic E-state index is 12.6. The van der Waals surface area contributed by atoms with E-state index in [9.17, 15) is 4.79 Å². The number of hydrogen-bond acceptors (Lipinski definition) is 3. The number of nitrogens with one attached hydrogen (secondary N) is 2. The third kappa shape index (κ3) is 4.47. The van der Waals surface area contributed by atoms with Crippen molar-refractivity contribution in [3.05, 3.63) is 59.2 Å². The van der Waals surface area contributed by atoms with Gasteiger partial charge in [-0.25, -0.2) is 4.79 Å². The van der Waals surface area contributed by atoms with Gasteiger partial charge in [-0.1, -0.05) is 24.3 Å². The lowest BCUT2D eigenvalue weighted by Gasteiger charge is -2.39.